The molecule has 2 rings (SSSR count). The van der Waals surface area contributed by atoms with Gasteiger partial charge in [0, 0.05) is 19.2 Å². The average molecular weight is 312 g/mol. The van der Waals surface area contributed by atoms with Crippen LogP contribution in [0.2, 0.25) is 0 Å². The van der Waals surface area contributed by atoms with E-state index < -0.39 is 10.0 Å². The molecule has 1 aromatic carbocycles. The van der Waals surface area contributed by atoms with Gasteiger partial charge in [-0.3, -0.25) is 0 Å². The topological polar surface area (TPSA) is 83.6 Å². The van der Waals surface area contributed by atoms with E-state index >= 15 is 0 Å². The Kier molecular flexibility index (Phi) is 5.75. The molecule has 0 aromatic heterocycles. The minimum absolute atomic E-state index is 0.00811. The third-order valence-electron chi connectivity index (χ3n) is 3.98. The summed E-state index contributed by atoms with van der Waals surface area (Å²) >= 11 is 0. The van der Waals surface area contributed by atoms with Gasteiger partial charge in [0.05, 0.1) is 4.90 Å². The van der Waals surface area contributed by atoms with E-state index in [0.717, 1.165) is 31.2 Å². The highest BCUT2D eigenvalue weighted by molar-refractivity contribution is 7.89. The Balaban J connectivity index is 2.20. The second kappa shape index (κ2) is 7.35. The normalized spacial score (nSPS) is 16.1. The molecule has 0 aliphatic heterocycles. The number of nitrogens with zero attached hydrogens (tertiary/aromatic N) is 1. The van der Waals surface area contributed by atoms with E-state index in [2.05, 4.69) is 0 Å². The molecule has 3 N–H and O–H groups in total. The monoisotopic (exact) mass is 312 g/mol. The molecule has 0 radical (unpaired) electrons. The van der Waals surface area contributed by atoms with Gasteiger partial charge in [-0.15, -0.1) is 0 Å². The second-order valence-electron chi connectivity index (χ2n) is 5.46. The van der Waals surface area contributed by atoms with Gasteiger partial charge in [-0.25, -0.2) is 8.42 Å². The van der Waals surface area contributed by atoms with E-state index in [1.54, 1.807) is 16.4 Å². The van der Waals surface area contributed by atoms with Gasteiger partial charge in [-0.1, -0.05) is 18.6 Å². The number of aliphatic hydroxyl groups is 1. The highest BCUT2D eigenvalue weighted by atomic mass is 32.2. The van der Waals surface area contributed by atoms with Crippen LogP contribution in [-0.2, 0) is 16.4 Å². The number of hydrogen-bond acceptors (Lipinski definition) is 4. The van der Waals surface area contributed by atoms with E-state index in [0.29, 0.717) is 24.4 Å². The van der Waals surface area contributed by atoms with Crippen LogP contribution in [-0.4, -0.2) is 43.6 Å². The highest BCUT2D eigenvalue weighted by Crippen LogP contribution is 2.30. The molecule has 1 aliphatic carbocycles. The molecule has 0 bridgehead atoms. The molecule has 5 nitrogen and oxygen atoms in total. The number of aliphatic hydroxyl groups excluding tert-OH is 1. The molecule has 0 saturated heterocycles. The van der Waals surface area contributed by atoms with Crippen molar-refractivity contribution in [3.05, 3.63) is 29.8 Å². The van der Waals surface area contributed by atoms with Gasteiger partial charge in [0.1, 0.15) is 0 Å². The summed E-state index contributed by atoms with van der Waals surface area (Å²) < 4.78 is 27.1. The molecule has 0 amide bonds. The standard InChI is InChI=1S/C15H24N2O3S/c16-10-9-13-5-7-15(8-6-13)21(19,20)17(11-2-12-18)14-3-1-4-14/h5-8,14,18H,1-4,9-12,16H2. The first-order valence-corrected chi connectivity index (χ1v) is 8.95. The summed E-state index contributed by atoms with van der Waals surface area (Å²) in [5, 5.41) is 8.99. The zero-order valence-corrected chi connectivity index (χ0v) is 13.1. The van der Waals surface area contributed by atoms with Crippen molar-refractivity contribution < 1.29 is 13.5 Å². The Hall–Kier alpha value is -0.950. The van der Waals surface area contributed by atoms with Crippen molar-refractivity contribution in [2.45, 2.75) is 43.0 Å². The van der Waals surface area contributed by atoms with E-state index in [9.17, 15) is 8.42 Å². The lowest BCUT2D eigenvalue weighted by Gasteiger charge is -2.36. The molecule has 1 saturated carbocycles. The number of rotatable bonds is 8. The smallest absolute Gasteiger partial charge is 0.243 e. The van der Waals surface area contributed by atoms with Gasteiger partial charge >= 0.3 is 0 Å². The highest BCUT2D eigenvalue weighted by Gasteiger charge is 2.34. The maximum absolute atomic E-state index is 12.8. The molecule has 1 aromatic rings. The molecule has 21 heavy (non-hydrogen) atoms. The largest absolute Gasteiger partial charge is 0.396 e. The van der Waals surface area contributed by atoms with Crippen LogP contribution in [0.3, 0.4) is 0 Å². The quantitative estimate of drug-likeness (QED) is 0.753. The molecule has 0 atom stereocenters. The summed E-state index contributed by atoms with van der Waals surface area (Å²) in [6.45, 7) is 0.943. The first kappa shape index (κ1) is 16.4. The van der Waals surface area contributed by atoms with Crippen LogP contribution in [0, 0.1) is 0 Å². The minimum atomic E-state index is -3.47. The predicted molar refractivity (Wildman–Crippen MR) is 82.4 cm³/mol. The van der Waals surface area contributed by atoms with Crippen molar-refractivity contribution in [1.82, 2.24) is 4.31 Å². The third kappa shape index (κ3) is 3.83. The summed E-state index contributed by atoms with van der Waals surface area (Å²) in [4.78, 5) is 0.327. The summed E-state index contributed by atoms with van der Waals surface area (Å²) in [7, 11) is -3.47. The zero-order chi connectivity index (χ0) is 15.3. The van der Waals surface area contributed by atoms with Crippen LogP contribution in [0.25, 0.3) is 0 Å². The fourth-order valence-corrected chi connectivity index (χ4v) is 4.25. The van der Waals surface area contributed by atoms with Gasteiger partial charge in [-0.05, 0) is 49.9 Å². The van der Waals surface area contributed by atoms with E-state index in [-0.39, 0.29) is 12.6 Å². The zero-order valence-electron chi connectivity index (χ0n) is 12.2. The van der Waals surface area contributed by atoms with Crippen LogP contribution in [0.4, 0.5) is 0 Å². The molecular weight excluding hydrogens is 288 g/mol. The van der Waals surface area contributed by atoms with Crippen LogP contribution in [0.5, 0.6) is 0 Å². The Labute approximate surface area is 126 Å². The van der Waals surface area contributed by atoms with Gasteiger partial charge in [0.15, 0.2) is 0 Å². The van der Waals surface area contributed by atoms with Crippen molar-refractivity contribution in [2.75, 3.05) is 19.7 Å². The van der Waals surface area contributed by atoms with Gasteiger partial charge in [-0.2, -0.15) is 4.31 Å². The van der Waals surface area contributed by atoms with Crippen LogP contribution >= 0.6 is 0 Å². The number of sulfonamides is 1. The lowest BCUT2D eigenvalue weighted by molar-refractivity contribution is 0.198. The molecule has 118 valence electrons. The van der Waals surface area contributed by atoms with Crippen molar-refractivity contribution in [3.8, 4) is 0 Å². The van der Waals surface area contributed by atoms with Gasteiger partial charge in [0.2, 0.25) is 10.0 Å². The number of hydrogen-bond donors (Lipinski definition) is 2. The summed E-state index contributed by atoms with van der Waals surface area (Å²) in [6, 6.07) is 7.05. The maximum atomic E-state index is 12.8. The average Bonchev–Trinajstić information content (AvgIpc) is 2.42. The van der Waals surface area contributed by atoms with E-state index in [1.165, 1.54) is 0 Å². The molecule has 1 fully saturated rings. The third-order valence-corrected chi connectivity index (χ3v) is 5.95. The molecule has 1 aliphatic rings. The minimum Gasteiger partial charge on any atom is -0.396 e. The number of nitrogens with two attached hydrogens (primary N) is 1. The molecule has 6 heteroatoms. The predicted octanol–water partition coefficient (Wildman–Crippen LogP) is 1.11. The summed E-state index contributed by atoms with van der Waals surface area (Å²) in [5.74, 6) is 0. The van der Waals surface area contributed by atoms with Crippen LogP contribution in [0.15, 0.2) is 29.2 Å². The Morgan fingerprint density at radius 3 is 2.38 bits per heavy atom. The van der Waals surface area contributed by atoms with Gasteiger partial charge in [0.25, 0.3) is 0 Å². The van der Waals surface area contributed by atoms with Crippen LogP contribution < -0.4 is 5.73 Å². The van der Waals surface area contributed by atoms with Crippen molar-refractivity contribution in [1.29, 1.82) is 0 Å². The Morgan fingerprint density at radius 1 is 1.24 bits per heavy atom. The van der Waals surface area contributed by atoms with Crippen molar-refractivity contribution in [2.24, 2.45) is 5.73 Å². The molecular formula is C15H24N2O3S. The fraction of sp³-hybridized carbons (Fsp3) is 0.600. The lowest BCUT2D eigenvalue weighted by atomic mass is 9.93. The maximum Gasteiger partial charge on any atom is 0.243 e. The number of benzene rings is 1. The summed E-state index contributed by atoms with van der Waals surface area (Å²) in [5.41, 5.74) is 6.55. The first-order valence-electron chi connectivity index (χ1n) is 7.51. The van der Waals surface area contributed by atoms with Gasteiger partial charge < -0.3 is 10.8 Å². The molecule has 0 heterocycles. The lowest BCUT2D eigenvalue weighted by Crippen LogP contribution is -2.44. The summed E-state index contributed by atoms with van der Waals surface area (Å²) in [6.07, 6.45) is 4.12. The van der Waals surface area contributed by atoms with Crippen molar-refractivity contribution >= 4 is 10.0 Å². The van der Waals surface area contributed by atoms with E-state index in [1.807, 2.05) is 12.1 Å². The first-order chi connectivity index (χ1) is 10.1. The fourth-order valence-electron chi connectivity index (χ4n) is 2.53. The second-order valence-corrected chi connectivity index (χ2v) is 7.35. The molecule has 0 spiro atoms. The van der Waals surface area contributed by atoms with E-state index in [4.69, 9.17) is 10.8 Å². The SMILES string of the molecule is NCCc1ccc(S(=O)(=O)N(CCCO)C2CCC2)cc1. The van der Waals surface area contributed by atoms with Crippen molar-refractivity contribution in [3.63, 3.8) is 0 Å². The molecule has 0 unspecified atom stereocenters. The Bertz CT molecular complexity index is 539. The Morgan fingerprint density at radius 2 is 1.90 bits per heavy atom. The van der Waals surface area contributed by atoms with Crippen LogP contribution in [0.1, 0.15) is 31.2 Å².